The molecule has 1 aromatic heterocycles. The van der Waals surface area contributed by atoms with Gasteiger partial charge < -0.3 is 14.6 Å². The highest BCUT2D eigenvalue weighted by Crippen LogP contribution is 2.28. The van der Waals surface area contributed by atoms with Crippen molar-refractivity contribution in [3.63, 3.8) is 0 Å². The normalized spacial score (nSPS) is 15.6. The van der Waals surface area contributed by atoms with E-state index in [9.17, 15) is 4.79 Å². The summed E-state index contributed by atoms with van der Waals surface area (Å²) < 4.78 is 5.90. The molecule has 5 rings (SSSR count). The molecule has 1 unspecified atom stereocenters. The van der Waals surface area contributed by atoms with E-state index in [4.69, 9.17) is 16.0 Å². The number of nitrogens with one attached hydrogen (secondary N) is 1. The molecule has 0 radical (unpaired) electrons. The van der Waals surface area contributed by atoms with Crippen LogP contribution in [0.4, 0.5) is 6.01 Å². The van der Waals surface area contributed by atoms with Crippen LogP contribution in [-0.4, -0.2) is 24.0 Å². The van der Waals surface area contributed by atoms with Crippen LogP contribution in [0, 0.1) is 5.92 Å². The first-order chi connectivity index (χ1) is 15.7. The summed E-state index contributed by atoms with van der Waals surface area (Å²) in [6.45, 7) is 1.48. The summed E-state index contributed by atoms with van der Waals surface area (Å²) >= 11 is 6.08. The van der Waals surface area contributed by atoms with Crippen LogP contribution in [0.3, 0.4) is 0 Å². The molecule has 1 atom stereocenters. The number of piperidine rings is 1. The van der Waals surface area contributed by atoms with Crippen LogP contribution in [0.15, 0.2) is 83.3 Å². The second-order valence-corrected chi connectivity index (χ2v) is 8.57. The number of oxazole rings is 1. The molecule has 3 aromatic carbocycles. The van der Waals surface area contributed by atoms with Gasteiger partial charge >= 0.3 is 0 Å². The van der Waals surface area contributed by atoms with Crippen molar-refractivity contribution in [2.24, 2.45) is 5.92 Å². The third-order valence-corrected chi connectivity index (χ3v) is 6.29. The number of rotatable bonds is 5. The lowest BCUT2D eigenvalue weighted by Gasteiger charge is -2.31. The fourth-order valence-electron chi connectivity index (χ4n) is 4.25. The molecular weight excluding hydrogens is 422 g/mol. The number of benzene rings is 3. The van der Waals surface area contributed by atoms with Crippen molar-refractivity contribution in [2.45, 2.75) is 18.9 Å². The van der Waals surface area contributed by atoms with Gasteiger partial charge in [0.1, 0.15) is 5.52 Å². The molecule has 2 heterocycles. The van der Waals surface area contributed by atoms with Crippen molar-refractivity contribution in [1.82, 2.24) is 10.3 Å². The third kappa shape index (κ3) is 4.34. The minimum absolute atomic E-state index is 0.0471. The lowest BCUT2D eigenvalue weighted by Crippen LogP contribution is -2.42. The molecule has 0 bridgehead atoms. The van der Waals surface area contributed by atoms with E-state index in [-0.39, 0.29) is 17.9 Å². The Hall–Kier alpha value is -3.31. The van der Waals surface area contributed by atoms with Crippen LogP contribution >= 0.6 is 11.6 Å². The molecule has 1 fully saturated rings. The van der Waals surface area contributed by atoms with E-state index in [1.165, 1.54) is 0 Å². The fraction of sp³-hybridized carbons (Fsp3) is 0.231. The van der Waals surface area contributed by atoms with Gasteiger partial charge in [-0.1, -0.05) is 66.2 Å². The van der Waals surface area contributed by atoms with Crippen LogP contribution in [0.5, 0.6) is 0 Å². The number of anilines is 1. The molecule has 0 aliphatic carbocycles. The van der Waals surface area contributed by atoms with Gasteiger partial charge in [0.05, 0.1) is 6.04 Å². The number of carbonyl (C=O) groups excluding carboxylic acids is 1. The second kappa shape index (κ2) is 9.05. The first-order valence-electron chi connectivity index (χ1n) is 10.9. The SMILES string of the molecule is O=C(NC(c1ccccc1)c1ccc(Cl)cc1)C1CCN(c2nc3ccccc3o2)CC1. The number of halogens is 1. The lowest BCUT2D eigenvalue weighted by atomic mass is 9.93. The van der Waals surface area contributed by atoms with Crippen LogP contribution in [0.2, 0.25) is 5.02 Å². The van der Waals surface area contributed by atoms with E-state index in [1.54, 1.807) is 0 Å². The maximum absolute atomic E-state index is 13.2. The van der Waals surface area contributed by atoms with Gasteiger partial charge in [0.15, 0.2) is 5.58 Å². The topological polar surface area (TPSA) is 58.4 Å². The molecule has 0 saturated carbocycles. The Morgan fingerprint density at radius 1 is 0.938 bits per heavy atom. The Balaban J connectivity index is 1.27. The Kier molecular flexibility index (Phi) is 5.82. The fourth-order valence-corrected chi connectivity index (χ4v) is 4.37. The van der Waals surface area contributed by atoms with Gasteiger partial charge in [-0.15, -0.1) is 0 Å². The zero-order valence-corrected chi connectivity index (χ0v) is 18.3. The number of aromatic nitrogens is 1. The molecule has 162 valence electrons. The predicted octanol–water partition coefficient (Wildman–Crippen LogP) is 5.60. The molecule has 32 heavy (non-hydrogen) atoms. The van der Waals surface area contributed by atoms with E-state index < -0.39 is 0 Å². The molecule has 6 heteroatoms. The number of hydrogen-bond donors (Lipinski definition) is 1. The summed E-state index contributed by atoms with van der Waals surface area (Å²) in [6.07, 6.45) is 1.51. The van der Waals surface area contributed by atoms with E-state index in [0.717, 1.165) is 48.2 Å². The van der Waals surface area contributed by atoms with Gasteiger partial charge in [-0.05, 0) is 48.2 Å². The summed E-state index contributed by atoms with van der Waals surface area (Å²) in [5.41, 5.74) is 3.71. The highest BCUT2D eigenvalue weighted by molar-refractivity contribution is 6.30. The minimum Gasteiger partial charge on any atom is -0.423 e. The second-order valence-electron chi connectivity index (χ2n) is 8.13. The molecule has 1 aliphatic heterocycles. The van der Waals surface area contributed by atoms with Gasteiger partial charge in [0.25, 0.3) is 6.01 Å². The largest absolute Gasteiger partial charge is 0.423 e. The number of fused-ring (bicyclic) bond motifs is 1. The Bertz CT molecular complexity index is 1170. The molecular formula is C26H24ClN3O2. The zero-order valence-electron chi connectivity index (χ0n) is 17.6. The Labute approximate surface area is 192 Å². The zero-order chi connectivity index (χ0) is 21.9. The van der Waals surface area contributed by atoms with E-state index >= 15 is 0 Å². The monoisotopic (exact) mass is 445 g/mol. The summed E-state index contributed by atoms with van der Waals surface area (Å²) in [5.74, 6) is 0.0279. The van der Waals surface area contributed by atoms with E-state index in [1.807, 2.05) is 78.9 Å². The molecule has 5 nitrogen and oxygen atoms in total. The van der Waals surface area contributed by atoms with Gasteiger partial charge in [-0.3, -0.25) is 4.79 Å². The van der Waals surface area contributed by atoms with Gasteiger partial charge in [-0.2, -0.15) is 4.98 Å². The number of hydrogen-bond acceptors (Lipinski definition) is 4. The molecule has 0 spiro atoms. The smallest absolute Gasteiger partial charge is 0.298 e. The van der Waals surface area contributed by atoms with Gasteiger partial charge in [-0.25, -0.2) is 0 Å². The maximum atomic E-state index is 13.2. The van der Waals surface area contributed by atoms with Crippen molar-refractivity contribution >= 4 is 34.6 Å². The summed E-state index contributed by atoms with van der Waals surface area (Å²) in [5, 5.41) is 3.95. The molecule has 1 N–H and O–H groups in total. The number of carbonyl (C=O) groups is 1. The number of para-hydroxylation sites is 2. The average Bonchev–Trinajstić information content (AvgIpc) is 3.28. The van der Waals surface area contributed by atoms with Gasteiger partial charge in [0.2, 0.25) is 5.91 Å². The number of nitrogens with zero attached hydrogens (tertiary/aromatic N) is 2. The van der Waals surface area contributed by atoms with Gasteiger partial charge in [0, 0.05) is 24.0 Å². The molecule has 1 amide bonds. The van der Waals surface area contributed by atoms with Crippen LogP contribution in [0.1, 0.15) is 30.0 Å². The highest BCUT2D eigenvalue weighted by atomic mass is 35.5. The van der Waals surface area contributed by atoms with Crippen molar-refractivity contribution in [1.29, 1.82) is 0 Å². The van der Waals surface area contributed by atoms with E-state index in [0.29, 0.717) is 11.0 Å². The Morgan fingerprint density at radius 2 is 1.59 bits per heavy atom. The quantitative estimate of drug-likeness (QED) is 0.434. The van der Waals surface area contributed by atoms with Crippen LogP contribution < -0.4 is 10.2 Å². The van der Waals surface area contributed by atoms with Crippen LogP contribution in [0.25, 0.3) is 11.1 Å². The first kappa shape index (κ1) is 20.6. The standard InChI is InChI=1S/C26H24ClN3O2/c27-21-12-10-19(11-13-21)24(18-6-2-1-3-7-18)29-25(31)20-14-16-30(17-15-20)26-28-22-8-4-5-9-23(22)32-26/h1-13,20,24H,14-17H2,(H,29,31). The molecule has 4 aromatic rings. The molecule has 1 aliphatic rings. The highest BCUT2D eigenvalue weighted by Gasteiger charge is 2.29. The first-order valence-corrected chi connectivity index (χ1v) is 11.3. The Morgan fingerprint density at radius 3 is 2.31 bits per heavy atom. The summed E-state index contributed by atoms with van der Waals surface area (Å²) in [4.78, 5) is 19.9. The van der Waals surface area contributed by atoms with Crippen molar-refractivity contribution in [3.8, 4) is 0 Å². The summed E-state index contributed by atoms with van der Waals surface area (Å²) in [7, 11) is 0. The summed E-state index contributed by atoms with van der Waals surface area (Å²) in [6, 6.07) is 25.9. The third-order valence-electron chi connectivity index (χ3n) is 6.04. The molecule has 1 saturated heterocycles. The average molecular weight is 446 g/mol. The minimum atomic E-state index is -0.212. The maximum Gasteiger partial charge on any atom is 0.298 e. The van der Waals surface area contributed by atoms with Crippen molar-refractivity contribution in [2.75, 3.05) is 18.0 Å². The van der Waals surface area contributed by atoms with Crippen molar-refractivity contribution < 1.29 is 9.21 Å². The van der Waals surface area contributed by atoms with Crippen molar-refractivity contribution in [3.05, 3.63) is 95.0 Å². The van der Waals surface area contributed by atoms with Crippen LogP contribution in [-0.2, 0) is 4.79 Å². The predicted molar refractivity (Wildman–Crippen MR) is 127 cm³/mol. The van der Waals surface area contributed by atoms with E-state index in [2.05, 4.69) is 15.2 Å². The number of amides is 1. The lowest BCUT2D eigenvalue weighted by molar-refractivity contribution is -0.126.